The molecule has 4 nitrogen and oxygen atoms in total. The van der Waals surface area contributed by atoms with Gasteiger partial charge in [0.15, 0.2) is 0 Å². The Morgan fingerprint density at radius 3 is 2.35 bits per heavy atom. The third kappa shape index (κ3) is 4.91. The lowest BCUT2D eigenvalue weighted by Crippen LogP contribution is -2.30. The van der Waals surface area contributed by atoms with E-state index in [9.17, 15) is 0 Å². The van der Waals surface area contributed by atoms with Gasteiger partial charge in [-0.15, -0.1) is 0 Å². The number of anilines is 2. The van der Waals surface area contributed by atoms with Gasteiger partial charge in [-0.1, -0.05) is 27.7 Å². The van der Waals surface area contributed by atoms with Gasteiger partial charge in [-0.25, -0.2) is 0 Å². The Kier molecular flexibility index (Phi) is 6.11. The Balaban J connectivity index is 2.82. The summed E-state index contributed by atoms with van der Waals surface area (Å²) in [6.07, 6.45) is 1.13. The van der Waals surface area contributed by atoms with Crippen LogP contribution < -0.4 is 15.4 Å². The van der Waals surface area contributed by atoms with Gasteiger partial charge < -0.3 is 15.4 Å². The third-order valence-electron chi connectivity index (χ3n) is 3.26. The van der Waals surface area contributed by atoms with Crippen LogP contribution in [0.3, 0.4) is 0 Å². The summed E-state index contributed by atoms with van der Waals surface area (Å²) >= 11 is 0. The first kappa shape index (κ1) is 16.6. The van der Waals surface area contributed by atoms with E-state index in [1.54, 1.807) is 0 Å². The molecule has 1 aromatic rings. The molecular formula is C16H29N3O. The standard InChI is InChI=1S/C16H29N3O/c1-11(2)9-13(5)19(6)15-8-7-14(17)16(18-15)20-10-12(3)4/h7-8,11-13H,9-10,17H2,1-6H3. The molecular weight excluding hydrogens is 250 g/mol. The second-order valence-electron chi connectivity index (χ2n) is 6.36. The maximum atomic E-state index is 5.93. The zero-order valence-electron chi connectivity index (χ0n) is 13.7. The number of ether oxygens (including phenoxy) is 1. The average molecular weight is 279 g/mol. The summed E-state index contributed by atoms with van der Waals surface area (Å²) in [6, 6.07) is 4.26. The van der Waals surface area contributed by atoms with Crippen molar-refractivity contribution in [3.8, 4) is 5.88 Å². The van der Waals surface area contributed by atoms with Gasteiger partial charge in [0.05, 0.1) is 12.3 Å². The molecule has 0 aromatic carbocycles. The van der Waals surface area contributed by atoms with E-state index in [-0.39, 0.29) is 0 Å². The molecule has 2 N–H and O–H groups in total. The first-order valence-electron chi connectivity index (χ1n) is 7.43. The molecule has 0 amide bonds. The number of nitrogens with two attached hydrogens (primary N) is 1. The van der Waals surface area contributed by atoms with Crippen LogP contribution in [0.5, 0.6) is 5.88 Å². The zero-order valence-corrected chi connectivity index (χ0v) is 13.7. The first-order valence-corrected chi connectivity index (χ1v) is 7.43. The van der Waals surface area contributed by atoms with Crippen molar-refractivity contribution in [1.82, 2.24) is 4.98 Å². The maximum Gasteiger partial charge on any atom is 0.239 e. The first-order chi connectivity index (χ1) is 9.31. The van der Waals surface area contributed by atoms with Crippen molar-refractivity contribution in [2.24, 2.45) is 11.8 Å². The Bertz CT molecular complexity index is 418. The maximum absolute atomic E-state index is 5.93. The summed E-state index contributed by atoms with van der Waals surface area (Å²) in [6.45, 7) is 11.5. The molecule has 0 aliphatic heterocycles. The largest absolute Gasteiger partial charge is 0.476 e. The fourth-order valence-electron chi connectivity index (χ4n) is 2.07. The number of nitrogens with zero attached hydrogens (tertiary/aromatic N) is 2. The molecule has 0 radical (unpaired) electrons. The molecule has 114 valence electrons. The van der Waals surface area contributed by atoms with Crippen LogP contribution in [0.25, 0.3) is 0 Å². The molecule has 0 saturated heterocycles. The van der Waals surface area contributed by atoms with Crippen molar-refractivity contribution < 1.29 is 4.74 Å². The summed E-state index contributed by atoms with van der Waals surface area (Å²) in [5.41, 5.74) is 6.52. The number of pyridine rings is 1. The van der Waals surface area contributed by atoms with E-state index in [4.69, 9.17) is 10.5 Å². The van der Waals surface area contributed by atoms with Crippen LogP contribution in [0, 0.1) is 11.8 Å². The van der Waals surface area contributed by atoms with Crippen LogP contribution >= 0.6 is 0 Å². The van der Waals surface area contributed by atoms with Gasteiger partial charge in [0.25, 0.3) is 0 Å². The minimum absolute atomic E-state index is 0.434. The Labute approximate surface area is 123 Å². The number of rotatable bonds is 7. The topological polar surface area (TPSA) is 51.4 Å². The fourth-order valence-corrected chi connectivity index (χ4v) is 2.07. The van der Waals surface area contributed by atoms with Gasteiger partial charge in [0, 0.05) is 13.1 Å². The summed E-state index contributed by atoms with van der Waals surface area (Å²) in [5, 5.41) is 0. The molecule has 1 atom stereocenters. The Morgan fingerprint density at radius 2 is 1.80 bits per heavy atom. The molecule has 0 saturated carbocycles. The summed E-state index contributed by atoms with van der Waals surface area (Å²) in [5.74, 6) is 2.57. The molecule has 0 bridgehead atoms. The highest BCUT2D eigenvalue weighted by Gasteiger charge is 2.14. The Morgan fingerprint density at radius 1 is 1.15 bits per heavy atom. The second kappa shape index (κ2) is 7.36. The monoisotopic (exact) mass is 279 g/mol. The summed E-state index contributed by atoms with van der Waals surface area (Å²) in [4.78, 5) is 6.73. The van der Waals surface area contributed by atoms with Crippen LogP contribution in [-0.2, 0) is 0 Å². The minimum Gasteiger partial charge on any atom is -0.476 e. The van der Waals surface area contributed by atoms with E-state index >= 15 is 0 Å². The van der Waals surface area contributed by atoms with E-state index in [0.717, 1.165) is 12.2 Å². The van der Waals surface area contributed by atoms with Crippen molar-refractivity contribution in [2.75, 3.05) is 24.3 Å². The van der Waals surface area contributed by atoms with Crippen molar-refractivity contribution >= 4 is 11.5 Å². The van der Waals surface area contributed by atoms with E-state index in [0.29, 0.717) is 36.1 Å². The van der Waals surface area contributed by atoms with Gasteiger partial charge in [0.2, 0.25) is 5.88 Å². The number of aromatic nitrogens is 1. The molecule has 0 aliphatic carbocycles. The molecule has 1 heterocycles. The SMILES string of the molecule is CC(C)COc1nc(N(C)C(C)CC(C)C)ccc1N. The molecule has 20 heavy (non-hydrogen) atoms. The Hall–Kier alpha value is -1.45. The molecule has 0 spiro atoms. The van der Waals surface area contributed by atoms with Gasteiger partial charge in [-0.2, -0.15) is 4.98 Å². The van der Waals surface area contributed by atoms with Crippen molar-refractivity contribution in [2.45, 2.75) is 47.1 Å². The van der Waals surface area contributed by atoms with Crippen LogP contribution in [0.15, 0.2) is 12.1 Å². The van der Waals surface area contributed by atoms with E-state index in [1.165, 1.54) is 0 Å². The van der Waals surface area contributed by atoms with E-state index in [1.807, 2.05) is 12.1 Å². The lowest BCUT2D eigenvalue weighted by Gasteiger charge is -2.27. The molecule has 4 heteroatoms. The summed E-state index contributed by atoms with van der Waals surface area (Å²) < 4.78 is 5.69. The van der Waals surface area contributed by atoms with Crippen LogP contribution in [0.4, 0.5) is 11.5 Å². The molecule has 0 fully saturated rings. The van der Waals surface area contributed by atoms with Crippen LogP contribution in [0.2, 0.25) is 0 Å². The average Bonchev–Trinajstić information content (AvgIpc) is 2.36. The zero-order chi connectivity index (χ0) is 15.3. The third-order valence-corrected chi connectivity index (χ3v) is 3.26. The van der Waals surface area contributed by atoms with Gasteiger partial charge in [-0.3, -0.25) is 0 Å². The summed E-state index contributed by atoms with van der Waals surface area (Å²) in [7, 11) is 2.07. The van der Waals surface area contributed by atoms with Gasteiger partial charge in [-0.05, 0) is 37.3 Å². The predicted octanol–water partition coefficient (Wildman–Crippen LogP) is 3.57. The van der Waals surface area contributed by atoms with E-state index < -0.39 is 0 Å². The normalized spacial score (nSPS) is 12.8. The highest BCUT2D eigenvalue weighted by Crippen LogP contribution is 2.25. The highest BCUT2D eigenvalue weighted by molar-refractivity contribution is 5.54. The highest BCUT2D eigenvalue weighted by atomic mass is 16.5. The van der Waals surface area contributed by atoms with Crippen LogP contribution in [-0.4, -0.2) is 24.7 Å². The van der Waals surface area contributed by atoms with Gasteiger partial charge >= 0.3 is 0 Å². The fraction of sp³-hybridized carbons (Fsp3) is 0.688. The number of hydrogen-bond donors (Lipinski definition) is 1. The second-order valence-corrected chi connectivity index (χ2v) is 6.36. The smallest absolute Gasteiger partial charge is 0.239 e. The lowest BCUT2D eigenvalue weighted by molar-refractivity contribution is 0.263. The minimum atomic E-state index is 0.434. The number of hydrogen-bond acceptors (Lipinski definition) is 4. The predicted molar refractivity (Wildman–Crippen MR) is 86.3 cm³/mol. The molecule has 0 aliphatic rings. The molecule has 1 rings (SSSR count). The quantitative estimate of drug-likeness (QED) is 0.829. The van der Waals surface area contributed by atoms with E-state index in [2.05, 4.69) is 51.6 Å². The van der Waals surface area contributed by atoms with Crippen molar-refractivity contribution in [1.29, 1.82) is 0 Å². The van der Waals surface area contributed by atoms with Crippen LogP contribution in [0.1, 0.15) is 41.0 Å². The lowest BCUT2D eigenvalue weighted by atomic mass is 10.0. The van der Waals surface area contributed by atoms with Crippen molar-refractivity contribution in [3.05, 3.63) is 12.1 Å². The van der Waals surface area contributed by atoms with Crippen molar-refractivity contribution in [3.63, 3.8) is 0 Å². The molecule has 1 unspecified atom stereocenters. The molecule has 1 aromatic heterocycles. The number of nitrogen functional groups attached to an aromatic ring is 1. The van der Waals surface area contributed by atoms with Gasteiger partial charge in [0.1, 0.15) is 5.82 Å².